The fourth-order valence-corrected chi connectivity index (χ4v) is 6.49. The van der Waals surface area contributed by atoms with E-state index < -0.39 is 0 Å². The van der Waals surface area contributed by atoms with Gasteiger partial charge in [-0.2, -0.15) is 0 Å². The average Bonchev–Trinajstić information content (AvgIpc) is 3.33. The van der Waals surface area contributed by atoms with E-state index >= 15 is 0 Å². The average molecular weight is 423 g/mol. The lowest BCUT2D eigenvalue weighted by Gasteiger charge is -2.40. The van der Waals surface area contributed by atoms with Crippen molar-refractivity contribution >= 4 is 5.91 Å². The molecular formula is C29H30N2O. The van der Waals surface area contributed by atoms with Crippen LogP contribution in [0.2, 0.25) is 0 Å². The first-order valence-corrected chi connectivity index (χ1v) is 12.0. The maximum Gasteiger partial charge on any atom is 0.224 e. The van der Waals surface area contributed by atoms with Gasteiger partial charge in [-0.05, 0) is 47.1 Å². The Morgan fingerprint density at radius 2 is 1.44 bits per heavy atom. The molecule has 0 saturated carbocycles. The molecule has 3 nitrogen and oxygen atoms in total. The molecule has 1 saturated heterocycles. The molecule has 1 heterocycles. The van der Waals surface area contributed by atoms with Gasteiger partial charge in [-0.15, -0.1) is 0 Å². The lowest BCUT2D eigenvalue weighted by molar-refractivity contribution is -0.121. The molecule has 0 unspecified atom stereocenters. The Bertz CT molecular complexity index is 1080. The van der Waals surface area contributed by atoms with E-state index in [1.54, 1.807) is 11.1 Å². The highest BCUT2D eigenvalue weighted by atomic mass is 16.1. The topological polar surface area (TPSA) is 32.3 Å². The normalized spacial score (nSPS) is 24.2. The quantitative estimate of drug-likeness (QED) is 0.649. The Morgan fingerprint density at radius 1 is 0.844 bits per heavy atom. The summed E-state index contributed by atoms with van der Waals surface area (Å²) in [7, 11) is 0. The summed E-state index contributed by atoms with van der Waals surface area (Å²) >= 11 is 0. The van der Waals surface area contributed by atoms with Crippen molar-refractivity contribution in [2.24, 2.45) is 0 Å². The largest absolute Gasteiger partial charge is 0.353 e. The molecule has 1 N–H and O–H groups in total. The van der Waals surface area contributed by atoms with Crippen molar-refractivity contribution in [3.8, 4) is 0 Å². The number of hydrogen-bond acceptors (Lipinski definition) is 2. The summed E-state index contributed by atoms with van der Waals surface area (Å²) in [5.74, 6) is 0.697. The Kier molecular flexibility index (Phi) is 4.87. The van der Waals surface area contributed by atoms with Crippen LogP contribution in [0.5, 0.6) is 0 Å². The van der Waals surface area contributed by atoms with Crippen LogP contribution in [0.3, 0.4) is 0 Å². The lowest BCUT2D eigenvalue weighted by Crippen LogP contribution is -2.48. The van der Waals surface area contributed by atoms with Crippen molar-refractivity contribution in [1.29, 1.82) is 0 Å². The van der Waals surface area contributed by atoms with E-state index in [-0.39, 0.29) is 11.3 Å². The van der Waals surface area contributed by atoms with Gasteiger partial charge in [0.25, 0.3) is 0 Å². The molecule has 162 valence electrons. The first kappa shape index (κ1) is 19.8. The minimum atomic E-state index is 0.126. The third kappa shape index (κ3) is 3.27. The number of nitrogens with zero attached hydrogens (tertiary/aromatic N) is 1. The molecule has 0 aromatic heterocycles. The summed E-state index contributed by atoms with van der Waals surface area (Å²) in [5, 5.41) is 3.28. The van der Waals surface area contributed by atoms with Gasteiger partial charge in [-0.25, -0.2) is 0 Å². The molecule has 1 amide bonds. The Hall–Kier alpha value is -2.91. The molecule has 1 fully saturated rings. The molecule has 2 aliphatic carbocycles. The Balaban J connectivity index is 1.13. The van der Waals surface area contributed by atoms with Crippen LogP contribution in [0, 0.1) is 0 Å². The summed E-state index contributed by atoms with van der Waals surface area (Å²) in [6, 6.07) is 28.5. The molecule has 0 radical (unpaired) electrons. The van der Waals surface area contributed by atoms with Crippen LogP contribution in [0.4, 0.5) is 0 Å². The molecule has 2 bridgehead atoms. The standard InChI is InChI=1S/C29H30N2O/c32-28(18-21-8-2-1-3-9-21)30-22-14-16-31(17-15-22)20-29-19-25(23-10-4-6-12-26(23)29)24-11-5-7-13-27(24)29/h1-13,22,25H,14-20H2,(H,30,32). The van der Waals surface area contributed by atoms with E-state index in [1.165, 1.54) is 17.5 Å². The molecule has 3 aliphatic rings. The van der Waals surface area contributed by atoms with Crippen molar-refractivity contribution in [2.45, 2.75) is 43.1 Å². The zero-order valence-electron chi connectivity index (χ0n) is 18.5. The highest BCUT2D eigenvalue weighted by molar-refractivity contribution is 5.78. The number of nitrogens with one attached hydrogen (secondary N) is 1. The number of likely N-dealkylation sites (tertiary alicyclic amines) is 1. The number of piperidine rings is 1. The summed E-state index contributed by atoms with van der Waals surface area (Å²) in [6.45, 7) is 3.18. The highest BCUT2D eigenvalue weighted by Crippen LogP contribution is 2.60. The summed E-state index contributed by atoms with van der Waals surface area (Å²) in [4.78, 5) is 15.1. The zero-order valence-corrected chi connectivity index (χ0v) is 18.5. The first-order valence-electron chi connectivity index (χ1n) is 12.0. The molecule has 3 aromatic carbocycles. The maximum atomic E-state index is 12.5. The van der Waals surface area contributed by atoms with Gasteiger partial charge in [0.05, 0.1) is 6.42 Å². The number of hydrogen-bond donors (Lipinski definition) is 1. The molecule has 6 rings (SSSR count). The van der Waals surface area contributed by atoms with E-state index in [1.807, 2.05) is 30.3 Å². The van der Waals surface area contributed by atoms with Crippen molar-refractivity contribution in [2.75, 3.05) is 19.6 Å². The summed E-state index contributed by atoms with van der Waals surface area (Å²) in [6.07, 6.45) is 3.74. The van der Waals surface area contributed by atoms with E-state index in [2.05, 4.69) is 58.7 Å². The molecule has 3 heteroatoms. The zero-order chi connectivity index (χ0) is 21.5. The fourth-order valence-electron chi connectivity index (χ4n) is 6.49. The van der Waals surface area contributed by atoms with Gasteiger partial charge in [-0.1, -0.05) is 78.9 Å². The van der Waals surface area contributed by atoms with Crippen molar-refractivity contribution < 1.29 is 4.79 Å². The lowest BCUT2D eigenvalue weighted by atomic mass is 9.74. The van der Waals surface area contributed by atoms with Gasteiger partial charge < -0.3 is 10.2 Å². The molecule has 0 spiro atoms. The summed E-state index contributed by atoms with van der Waals surface area (Å²) in [5.41, 5.74) is 7.37. The van der Waals surface area contributed by atoms with Gasteiger partial charge in [-0.3, -0.25) is 4.79 Å². The second-order valence-corrected chi connectivity index (χ2v) is 9.79. The fraction of sp³-hybridized carbons (Fsp3) is 0.345. The first-order chi connectivity index (χ1) is 15.7. The number of benzene rings is 3. The van der Waals surface area contributed by atoms with Crippen LogP contribution in [0.1, 0.15) is 53.0 Å². The molecule has 0 atom stereocenters. The SMILES string of the molecule is O=C(Cc1ccccc1)NC1CCN(CC23CC(c4ccccc42)c2ccccc23)CC1. The third-order valence-electron chi connectivity index (χ3n) is 7.91. The monoisotopic (exact) mass is 422 g/mol. The van der Waals surface area contributed by atoms with Gasteiger partial charge >= 0.3 is 0 Å². The number of amides is 1. The molecule has 1 aliphatic heterocycles. The van der Waals surface area contributed by atoms with Crippen molar-refractivity contribution in [3.05, 3.63) is 107 Å². The van der Waals surface area contributed by atoms with Gasteiger partial charge in [0.1, 0.15) is 0 Å². The third-order valence-corrected chi connectivity index (χ3v) is 7.91. The Morgan fingerprint density at radius 3 is 2.09 bits per heavy atom. The minimum absolute atomic E-state index is 0.126. The predicted octanol–water partition coefficient (Wildman–Crippen LogP) is 4.65. The number of carbonyl (C=O) groups is 1. The van der Waals surface area contributed by atoms with E-state index in [4.69, 9.17) is 0 Å². The number of fused-ring (bicyclic) bond motifs is 8. The van der Waals surface area contributed by atoms with Crippen LogP contribution < -0.4 is 5.32 Å². The van der Waals surface area contributed by atoms with Crippen LogP contribution in [-0.2, 0) is 16.6 Å². The van der Waals surface area contributed by atoms with E-state index in [0.29, 0.717) is 18.4 Å². The van der Waals surface area contributed by atoms with Crippen molar-refractivity contribution in [3.63, 3.8) is 0 Å². The van der Waals surface area contributed by atoms with Crippen LogP contribution in [-0.4, -0.2) is 36.5 Å². The minimum Gasteiger partial charge on any atom is -0.353 e. The maximum absolute atomic E-state index is 12.5. The molecule has 32 heavy (non-hydrogen) atoms. The number of rotatable bonds is 5. The predicted molar refractivity (Wildman–Crippen MR) is 128 cm³/mol. The van der Waals surface area contributed by atoms with E-state index in [0.717, 1.165) is 38.0 Å². The van der Waals surface area contributed by atoms with Gasteiger partial charge in [0.2, 0.25) is 5.91 Å². The van der Waals surface area contributed by atoms with E-state index in [9.17, 15) is 4.79 Å². The Labute approximate surface area is 190 Å². The van der Waals surface area contributed by atoms with Gasteiger partial charge in [0, 0.05) is 37.0 Å². The van der Waals surface area contributed by atoms with Crippen LogP contribution >= 0.6 is 0 Å². The second-order valence-electron chi connectivity index (χ2n) is 9.79. The van der Waals surface area contributed by atoms with Crippen LogP contribution in [0.25, 0.3) is 0 Å². The van der Waals surface area contributed by atoms with Crippen molar-refractivity contribution in [1.82, 2.24) is 10.2 Å². The number of carbonyl (C=O) groups excluding carboxylic acids is 1. The van der Waals surface area contributed by atoms with Gasteiger partial charge in [0.15, 0.2) is 0 Å². The highest BCUT2D eigenvalue weighted by Gasteiger charge is 2.53. The second kappa shape index (κ2) is 7.90. The van der Waals surface area contributed by atoms with Crippen LogP contribution in [0.15, 0.2) is 78.9 Å². The molecular weight excluding hydrogens is 392 g/mol. The smallest absolute Gasteiger partial charge is 0.224 e. The summed E-state index contributed by atoms with van der Waals surface area (Å²) < 4.78 is 0. The molecule has 3 aromatic rings.